The summed E-state index contributed by atoms with van der Waals surface area (Å²) in [7, 11) is 2.20. The second kappa shape index (κ2) is 7.67. The highest BCUT2D eigenvalue weighted by molar-refractivity contribution is 5.25. The van der Waals surface area contributed by atoms with Crippen LogP contribution in [0.15, 0.2) is 24.3 Å². The zero-order valence-electron chi connectivity index (χ0n) is 17.7. The van der Waals surface area contributed by atoms with Gasteiger partial charge in [0.1, 0.15) is 5.82 Å². The lowest BCUT2D eigenvalue weighted by Gasteiger charge is -2.47. The lowest BCUT2D eigenvalue weighted by molar-refractivity contribution is -0.0675. The number of piperidine rings is 1. The molecule has 3 heterocycles. The van der Waals surface area contributed by atoms with Crippen LogP contribution in [-0.4, -0.2) is 78.2 Å². The van der Waals surface area contributed by atoms with Crippen LogP contribution < -0.4 is 0 Å². The maximum Gasteiger partial charge on any atom is 0.123 e. The molecule has 28 heavy (non-hydrogen) atoms. The van der Waals surface area contributed by atoms with E-state index in [1.165, 1.54) is 25.0 Å². The Morgan fingerprint density at radius 2 is 1.57 bits per heavy atom. The quantitative estimate of drug-likeness (QED) is 0.839. The lowest BCUT2D eigenvalue weighted by atomic mass is 9.79. The van der Waals surface area contributed by atoms with Crippen molar-refractivity contribution in [2.24, 2.45) is 5.41 Å². The summed E-state index contributed by atoms with van der Waals surface area (Å²) in [5.41, 5.74) is 0.307. The van der Waals surface area contributed by atoms with Gasteiger partial charge in [0.05, 0.1) is 5.60 Å². The Balaban J connectivity index is 1.40. The smallest absolute Gasteiger partial charge is 0.123 e. The van der Waals surface area contributed by atoms with Gasteiger partial charge < -0.3 is 14.9 Å². The molecule has 0 aliphatic carbocycles. The van der Waals surface area contributed by atoms with E-state index in [4.69, 9.17) is 0 Å². The SMILES string of the molecule is CN1CCN(CC(C)(C)CN2[C@@H]3CC[C@@H]2CC(O)(c2ccc(F)cc2)C3)CC1. The van der Waals surface area contributed by atoms with Crippen LogP contribution in [0.5, 0.6) is 0 Å². The Labute approximate surface area is 169 Å². The van der Waals surface area contributed by atoms with Gasteiger partial charge in [-0.25, -0.2) is 4.39 Å². The van der Waals surface area contributed by atoms with Crippen LogP contribution in [0.25, 0.3) is 0 Å². The van der Waals surface area contributed by atoms with E-state index in [9.17, 15) is 9.50 Å². The molecule has 1 N–H and O–H groups in total. The summed E-state index contributed by atoms with van der Waals surface area (Å²) >= 11 is 0. The molecule has 0 spiro atoms. The van der Waals surface area contributed by atoms with E-state index in [0.29, 0.717) is 12.1 Å². The van der Waals surface area contributed by atoms with Crippen molar-refractivity contribution in [3.63, 3.8) is 0 Å². The number of benzene rings is 1. The summed E-state index contributed by atoms with van der Waals surface area (Å²) in [6, 6.07) is 7.34. The summed E-state index contributed by atoms with van der Waals surface area (Å²) in [6.45, 7) is 11.7. The van der Waals surface area contributed by atoms with E-state index < -0.39 is 5.60 Å². The zero-order chi connectivity index (χ0) is 19.9. The minimum atomic E-state index is -0.808. The first-order valence-electron chi connectivity index (χ1n) is 10.9. The summed E-state index contributed by atoms with van der Waals surface area (Å²) in [4.78, 5) is 7.69. The van der Waals surface area contributed by atoms with Gasteiger partial charge in [0.2, 0.25) is 0 Å². The van der Waals surface area contributed by atoms with Crippen LogP contribution in [0.4, 0.5) is 4.39 Å². The molecule has 3 saturated heterocycles. The molecule has 2 atom stereocenters. The largest absolute Gasteiger partial charge is 0.385 e. The maximum atomic E-state index is 13.3. The van der Waals surface area contributed by atoms with Crippen molar-refractivity contribution >= 4 is 0 Å². The number of halogens is 1. The van der Waals surface area contributed by atoms with E-state index in [1.54, 1.807) is 12.1 Å². The van der Waals surface area contributed by atoms with Gasteiger partial charge in [-0.3, -0.25) is 4.90 Å². The van der Waals surface area contributed by atoms with E-state index in [2.05, 4.69) is 35.6 Å². The topological polar surface area (TPSA) is 30.0 Å². The molecule has 5 heteroatoms. The number of aliphatic hydroxyl groups is 1. The van der Waals surface area contributed by atoms with Crippen LogP contribution in [-0.2, 0) is 5.60 Å². The fraction of sp³-hybridized carbons (Fsp3) is 0.739. The molecule has 1 aromatic carbocycles. The molecule has 2 bridgehead atoms. The average molecular weight is 390 g/mol. The number of nitrogens with zero attached hydrogens (tertiary/aromatic N) is 3. The molecule has 3 aliphatic rings. The van der Waals surface area contributed by atoms with Crippen LogP contribution in [0, 0.1) is 11.2 Å². The molecule has 3 fully saturated rings. The van der Waals surface area contributed by atoms with E-state index >= 15 is 0 Å². The standard InChI is InChI=1S/C23H36FN3O/c1-22(2,16-26-12-10-25(3)11-13-26)17-27-20-8-9-21(27)15-23(28,14-20)18-4-6-19(24)7-5-18/h4-7,20-21,28H,8-17H2,1-3H3/t20-,21-/m1/s1. The number of fused-ring (bicyclic) bond motifs is 2. The first-order chi connectivity index (χ1) is 13.2. The number of rotatable bonds is 5. The highest BCUT2D eigenvalue weighted by atomic mass is 19.1. The van der Waals surface area contributed by atoms with Crippen LogP contribution in [0.2, 0.25) is 0 Å². The predicted octanol–water partition coefficient (Wildman–Crippen LogP) is 2.91. The highest BCUT2D eigenvalue weighted by Gasteiger charge is 2.49. The van der Waals surface area contributed by atoms with Gasteiger partial charge >= 0.3 is 0 Å². The molecular weight excluding hydrogens is 353 g/mol. The van der Waals surface area contributed by atoms with Gasteiger partial charge in [0.25, 0.3) is 0 Å². The van der Waals surface area contributed by atoms with Gasteiger partial charge in [0, 0.05) is 51.4 Å². The Hall–Kier alpha value is -1.01. The van der Waals surface area contributed by atoms with E-state index in [0.717, 1.165) is 57.7 Å². The van der Waals surface area contributed by atoms with Crippen LogP contribution >= 0.6 is 0 Å². The molecule has 0 unspecified atom stereocenters. The van der Waals surface area contributed by atoms with Crippen molar-refractivity contribution in [2.45, 2.75) is 57.2 Å². The fourth-order valence-corrected chi connectivity index (χ4v) is 5.73. The second-order valence-electron chi connectivity index (χ2n) is 10.2. The minimum Gasteiger partial charge on any atom is -0.385 e. The van der Waals surface area contributed by atoms with E-state index in [1.807, 2.05) is 0 Å². The van der Waals surface area contributed by atoms with Crippen LogP contribution in [0.1, 0.15) is 45.1 Å². The lowest BCUT2D eigenvalue weighted by Crippen LogP contribution is -2.54. The molecule has 0 saturated carbocycles. The molecule has 4 nitrogen and oxygen atoms in total. The molecule has 1 aromatic rings. The van der Waals surface area contributed by atoms with Gasteiger partial charge in [-0.05, 0) is 55.8 Å². The number of piperazine rings is 1. The first-order valence-corrected chi connectivity index (χ1v) is 10.9. The third kappa shape index (κ3) is 4.28. The molecule has 4 rings (SSSR count). The minimum absolute atomic E-state index is 0.238. The van der Waals surface area contributed by atoms with E-state index in [-0.39, 0.29) is 11.2 Å². The van der Waals surface area contributed by atoms with Crippen molar-refractivity contribution in [2.75, 3.05) is 46.3 Å². The molecule has 156 valence electrons. The zero-order valence-corrected chi connectivity index (χ0v) is 17.7. The van der Waals surface area contributed by atoms with Gasteiger partial charge in [-0.15, -0.1) is 0 Å². The summed E-state index contributed by atoms with van der Waals surface area (Å²) in [5.74, 6) is -0.238. The average Bonchev–Trinajstić information content (AvgIpc) is 2.87. The Morgan fingerprint density at radius 3 is 2.14 bits per heavy atom. The monoisotopic (exact) mass is 389 g/mol. The van der Waals surface area contributed by atoms with Crippen molar-refractivity contribution in [3.05, 3.63) is 35.6 Å². The number of hydrogen-bond acceptors (Lipinski definition) is 4. The third-order valence-electron chi connectivity index (χ3n) is 7.16. The molecule has 3 aliphatic heterocycles. The van der Waals surface area contributed by atoms with Crippen molar-refractivity contribution in [1.82, 2.24) is 14.7 Å². The summed E-state index contributed by atoms with van der Waals surface area (Å²) in [6.07, 6.45) is 3.86. The second-order valence-corrected chi connectivity index (χ2v) is 10.2. The van der Waals surface area contributed by atoms with Gasteiger partial charge in [0.15, 0.2) is 0 Å². The summed E-state index contributed by atoms with van der Waals surface area (Å²) in [5, 5.41) is 11.4. The Morgan fingerprint density at radius 1 is 1.00 bits per heavy atom. The van der Waals surface area contributed by atoms with Crippen LogP contribution in [0.3, 0.4) is 0 Å². The predicted molar refractivity (Wildman–Crippen MR) is 111 cm³/mol. The van der Waals surface area contributed by atoms with Crippen molar-refractivity contribution in [1.29, 1.82) is 0 Å². The first kappa shape index (κ1) is 20.3. The molecule has 0 amide bonds. The Kier molecular flexibility index (Phi) is 5.56. The molecule has 0 radical (unpaired) electrons. The molecular formula is C23H36FN3O. The third-order valence-corrected chi connectivity index (χ3v) is 7.16. The summed E-state index contributed by atoms with van der Waals surface area (Å²) < 4.78 is 13.3. The number of hydrogen-bond donors (Lipinski definition) is 1. The fourth-order valence-electron chi connectivity index (χ4n) is 5.73. The Bertz CT molecular complexity index is 655. The number of likely N-dealkylation sites (N-methyl/N-ethyl adjacent to an activating group) is 1. The normalized spacial score (nSPS) is 32.8. The van der Waals surface area contributed by atoms with Gasteiger partial charge in [-0.1, -0.05) is 26.0 Å². The van der Waals surface area contributed by atoms with Crippen molar-refractivity contribution in [3.8, 4) is 0 Å². The highest BCUT2D eigenvalue weighted by Crippen LogP contribution is 2.46. The maximum absolute atomic E-state index is 13.3. The molecule has 0 aromatic heterocycles. The van der Waals surface area contributed by atoms with Gasteiger partial charge in [-0.2, -0.15) is 0 Å². The van der Waals surface area contributed by atoms with Crippen molar-refractivity contribution < 1.29 is 9.50 Å².